The number of benzene rings is 3. The lowest BCUT2D eigenvalue weighted by molar-refractivity contribution is -0.119. The zero-order chi connectivity index (χ0) is 23.5. The standard InChI is InChI=1S/C28H27N3O2S/c1-19-13-15-20(16-14-19)17-31-25-12-5-4-10-24(25)30-27(28(31)33)34-18-26(32)29-23-11-6-8-21-7-2-3-9-22(21)23/h2-5,7,9-10,12-16,23H,6,8,11,17-18H2,1H3,(H,29,32)/t23-/m1/s1. The van der Waals surface area contributed by atoms with E-state index in [-0.39, 0.29) is 23.3 Å². The molecule has 1 heterocycles. The lowest BCUT2D eigenvalue weighted by atomic mass is 9.88. The number of aromatic nitrogens is 2. The molecule has 3 aromatic carbocycles. The minimum Gasteiger partial charge on any atom is -0.349 e. The lowest BCUT2D eigenvalue weighted by Gasteiger charge is -2.26. The Morgan fingerprint density at radius 1 is 1.06 bits per heavy atom. The van der Waals surface area contributed by atoms with Crippen LogP contribution in [-0.2, 0) is 17.8 Å². The average molecular weight is 470 g/mol. The van der Waals surface area contributed by atoms with E-state index < -0.39 is 0 Å². The summed E-state index contributed by atoms with van der Waals surface area (Å²) in [6, 6.07) is 24.2. The second kappa shape index (κ2) is 9.85. The van der Waals surface area contributed by atoms with Gasteiger partial charge in [0.05, 0.1) is 29.4 Å². The van der Waals surface area contributed by atoms with Crippen molar-refractivity contribution in [3.63, 3.8) is 0 Å². The van der Waals surface area contributed by atoms with Crippen molar-refractivity contribution in [1.82, 2.24) is 14.9 Å². The number of hydrogen-bond acceptors (Lipinski definition) is 4. The summed E-state index contributed by atoms with van der Waals surface area (Å²) < 4.78 is 1.75. The summed E-state index contributed by atoms with van der Waals surface area (Å²) in [4.78, 5) is 30.8. The maximum absolute atomic E-state index is 13.4. The Kier molecular flexibility index (Phi) is 6.50. The van der Waals surface area contributed by atoms with E-state index in [2.05, 4.69) is 22.4 Å². The second-order valence-corrected chi connectivity index (χ2v) is 9.75. The van der Waals surface area contributed by atoms with Crippen LogP contribution in [0.25, 0.3) is 11.0 Å². The molecule has 1 N–H and O–H groups in total. The predicted octanol–water partition coefficient (Wildman–Crippen LogP) is 5.04. The van der Waals surface area contributed by atoms with Crippen LogP contribution in [0.15, 0.2) is 82.6 Å². The van der Waals surface area contributed by atoms with Gasteiger partial charge in [-0.2, -0.15) is 0 Å². The number of para-hydroxylation sites is 2. The molecular formula is C28H27N3O2S. The van der Waals surface area contributed by atoms with Crippen molar-refractivity contribution in [2.75, 3.05) is 5.75 Å². The molecule has 0 saturated heterocycles. The summed E-state index contributed by atoms with van der Waals surface area (Å²) in [5.41, 5.74) is 6.12. The molecule has 5 nitrogen and oxygen atoms in total. The normalized spacial score (nSPS) is 15.1. The van der Waals surface area contributed by atoms with Crippen LogP contribution in [0.2, 0.25) is 0 Å². The van der Waals surface area contributed by atoms with E-state index in [0.29, 0.717) is 11.6 Å². The molecular weight excluding hydrogens is 442 g/mol. The van der Waals surface area contributed by atoms with E-state index in [4.69, 9.17) is 0 Å². The van der Waals surface area contributed by atoms with Gasteiger partial charge in [-0.25, -0.2) is 4.98 Å². The molecule has 0 unspecified atom stereocenters. The topological polar surface area (TPSA) is 64.0 Å². The largest absolute Gasteiger partial charge is 0.349 e. The van der Waals surface area contributed by atoms with Crippen LogP contribution in [0.5, 0.6) is 0 Å². The van der Waals surface area contributed by atoms with E-state index in [9.17, 15) is 9.59 Å². The van der Waals surface area contributed by atoms with Gasteiger partial charge in [0.25, 0.3) is 5.56 Å². The molecule has 0 spiro atoms. The van der Waals surface area contributed by atoms with Crippen molar-refractivity contribution in [1.29, 1.82) is 0 Å². The van der Waals surface area contributed by atoms with Crippen molar-refractivity contribution < 1.29 is 4.79 Å². The molecule has 0 saturated carbocycles. The number of rotatable bonds is 6. The monoisotopic (exact) mass is 469 g/mol. The number of aryl methyl sites for hydroxylation is 2. The first-order chi connectivity index (χ1) is 16.6. The second-order valence-electron chi connectivity index (χ2n) is 8.78. The van der Waals surface area contributed by atoms with Gasteiger partial charge in [-0.1, -0.05) is 78.0 Å². The molecule has 0 bridgehead atoms. The molecule has 0 aliphatic heterocycles. The third-order valence-corrected chi connectivity index (χ3v) is 7.27. The summed E-state index contributed by atoms with van der Waals surface area (Å²) >= 11 is 1.21. The molecule has 1 aliphatic rings. The number of carbonyl (C=O) groups is 1. The summed E-state index contributed by atoms with van der Waals surface area (Å²) in [5, 5.41) is 3.52. The molecule has 5 rings (SSSR count). The Morgan fingerprint density at radius 2 is 1.82 bits per heavy atom. The first-order valence-electron chi connectivity index (χ1n) is 11.6. The average Bonchev–Trinajstić information content (AvgIpc) is 2.86. The maximum Gasteiger partial charge on any atom is 0.283 e. The van der Waals surface area contributed by atoms with Crippen LogP contribution in [0.4, 0.5) is 0 Å². The minimum absolute atomic E-state index is 0.0285. The third kappa shape index (κ3) is 4.77. The minimum atomic E-state index is -0.167. The highest BCUT2D eigenvalue weighted by atomic mass is 32.2. The van der Waals surface area contributed by atoms with E-state index in [1.54, 1.807) is 4.57 Å². The van der Waals surface area contributed by atoms with Gasteiger partial charge in [0, 0.05) is 0 Å². The van der Waals surface area contributed by atoms with Crippen molar-refractivity contribution >= 4 is 28.7 Å². The van der Waals surface area contributed by atoms with Crippen LogP contribution in [0, 0.1) is 6.92 Å². The molecule has 0 radical (unpaired) electrons. The van der Waals surface area contributed by atoms with Crippen molar-refractivity contribution in [2.45, 2.75) is 43.8 Å². The van der Waals surface area contributed by atoms with E-state index in [0.717, 1.165) is 35.9 Å². The first kappa shape index (κ1) is 22.4. The molecule has 172 valence electrons. The molecule has 0 fully saturated rings. The Hall–Kier alpha value is -3.38. The lowest BCUT2D eigenvalue weighted by Crippen LogP contribution is -2.32. The molecule has 1 aromatic heterocycles. The van der Waals surface area contributed by atoms with Gasteiger partial charge in [0.15, 0.2) is 5.03 Å². The van der Waals surface area contributed by atoms with Gasteiger partial charge >= 0.3 is 0 Å². The Bertz CT molecular complexity index is 1400. The number of fused-ring (bicyclic) bond motifs is 2. The number of thioether (sulfide) groups is 1. The summed E-state index contributed by atoms with van der Waals surface area (Å²) in [5.74, 6) is 0.0789. The molecule has 4 aromatic rings. The smallest absolute Gasteiger partial charge is 0.283 e. The molecule has 6 heteroatoms. The highest BCUT2D eigenvalue weighted by molar-refractivity contribution is 7.99. The Morgan fingerprint density at radius 3 is 2.68 bits per heavy atom. The van der Waals surface area contributed by atoms with Gasteiger partial charge in [-0.05, 0) is 55.0 Å². The van der Waals surface area contributed by atoms with E-state index >= 15 is 0 Å². The van der Waals surface area contributed by atoms with E-state index in [1.807, 2.05) is 67.6 Å². The highest BCUT2D eigenvalue weighted by Gasteiger charge is 2.22. The van der Waals surface area contributed by atoms with Crippen LogP contribution in [0.1, 0.15) is 41.1 Å². The number of amides is 1. The summed E-state index contributed by atoms with van der Waals surface area (Å²) in [6.07, 6.45) is 3.05. The number of nitrogens with one attached hydrogen (secondary N) is 1. The van der Waals surface area contributed by atoms with Gasteiger partial charge < -0.3 is 5.32 Å². The Balaban J connectivity index is 1.36. The Labute approximate surface area is 203 Å². The summed E-state index contributed by atoms with van der Waals surface area (Å²) in [7, 11) is 0. The quantitative estimate of drug-likeness (QED) is 0.402. The fourth-order valence-corrected chi connectivity index (χ4v) is 5.32. The third-order valence-electron chi connectivity index (χ3n) is 6.33. The SMILES string of the molecule is Cc1ccc(Cn2c(=O)c(SCC(=O)N[C@@H]3CCCc4ccccc43)nc3ccccc32)cc1. The van der Waals surface area contributed by atoms with Gasteiger partial charge in [0.2, 0.25) is 5.91 Å². The molecule has 1 amide bonds. The number of carbonyl (C=O) groups excluding carboxylic acids is 1. The van der Waals surface area contributed by atoms with Crippen LogP contribution < -0.4 is 10.9 Å². The van der Waals surface area contributed by atoms with Gasteiger partial charge in [0.1, 0.15) is 0 Å². The van der Waals surface area contributed by atoms with Crippen molar-refractivity contribution in [3.8, 4) is 0 Å². The summed E-state index contributed by atoms with van der Waals surface area (Å²) in [6.45, 7) is 2.50. The van der Waals surface area contributed by atoms with Crippen molar-refractivity contribution in [2.24, 2.45) is 0 Å². The van der Waals surface area contributed by atoms with Crippen LogP contribution in [0.3, 0.4) is 0 Å². The zero-order valence-electron chi connectivity index (χ0n) is 19.2. The first-order valence-corrected chi connectivity index (χ1v) is 12.6. The zero-order valence-corrected chi connectivity index (χ0v) is 20.0. The fourth-order valence-electron chi connectivity index (χ4n) is 4.57. The van der Waals surface area contributed by atoms with Crippen LogP contribution >= 0.6 is 11.8 Å². The maximum atomic E-state index is 13.4. The predicted molar refractivity (Wildman–Crippen MR) is 137 cm³/mol. The van der Waals surface area contributed by atoms with Gasteiger partial charge in [-0.15, -0.1) is 0 Å². The highest BCUT2D eigenvalue weighted by Crippen LogP contribution is 2.29. The number of hydrogen-bond donors (Lipinski definition) is 1. The fraction of sp³-hybridized carbons (Fsp3) is 0.250. The van der Waals surface area contributed by atoms with Crippen LogP contribution in [-0.4, -0.2) is 21.2 Å². The number of nitrogens with zero attached hydrogens (tertiary/aromatic N) is 2. The molecule has 34 heavy (non-hydrogen) atoms. The van der Waals surface area contributed by atoms with E-state index in [1.165, 1.54) is 28.5 Å². The molecule has 1 aliphatic carbocycles. The molecule has 1 atom stereocenters. The van der Waals surface area contributed by atoms with Gasteiger partial charge in [-0.3, -0.25) is 14.2 Å². The van der Waals surface area contributed by atoms with Crippen molar-refractivity contribution in [3.05, 3.63) is 105 Å².